The van der Waals surface area contributed by atoms with E-state index in [-0.39, 0.29) is 119 Å². The van der Waals surface area contributed by atoms with Crippen LogP contribution in [-0.2, 0) is 64.0 Å². The van der Waals surface area contributed by atoms with Crippen molar-refractivity contribution in [2.24, 2.45) is 69.2 Å². The van der Waals surface area contributed by atoms with E-state index in [1.54, 1.807) is 13.2 Å². The quantitative estimate of drug-likeness (QED) is 0.0226. The van der Waals surface area contributed by atoms with E-state index in [2.05, 4.69) is 36.9 Å². The lowest BCUT2D eigenvalue weighted by Crippen LogP contribution is -2.60. The topological polar surface area (TPSA) is 504 Å². The largest absolute Gasteiger partial charge is 0.508 e. The molecule has 94 heavy (non-hydrogen) atoms. The van der Waals surface area contributed by atoms with Crippen LogP contribution in [0, 0.1) is 35.5 Å². The van der Waals surface area contributed by atoms with Crippen LogP contribution in [-0.4, -0.2) is 195 Å². The third kappa shape index (κ3) is 30.4. The summed E-state index contributed by atoms with van der Waals surface area (Å²) < 4.78 is 0. The predicted molar refractivity (Wildman–Crippen MR) is 354 cm³/mol. The number of hydrogen-bond donors (Lipinski definition) is 15. The number of benzene rings is 1. The fraction of sp³-hybridized carbons (Fsp3) is 0.703. The van der Waals surface area contributed by atoms with Gasteiger partial charge in [0.15, 0.2) is 23.3 Å². The Morgan fingerprint density at radius 3 is 1.67 bits per heavy atom. The molecule has 1 saturated heterocycles. The molecule has 1 aromatic rings. The SMILES string of the molecule is CSCC[C@H](NC(=O)[C@H](CO)NC(=O)[C@H]1CCCN1C(=O)[C@H](CC(C)C)NC(=O)[C@@H](C)CCCCN)C(=O)N[C@H](C(=O)C[C@@H](CC(=O)O)C(=O)N[C@@H](CCCCN)C(=O)C[C@@H](Cc1ccc(O)cc1)C(=O)N[C@@H](CCCN=C(N)N)C(=O)C[C@@H](CC(C)C)C(N)=O)[C@@H](C)O. The number of aliphatic hydroxyl groups excluding tert-OH is 2. The van der Waals surface area contributed by atoms with E-state index in [0.29, 0.717) is 31.4 Å². The van der Waals surface area contributed by atoms with Gasteiger partial charge in [-0.05, 0) is 145 Å². The number of unbranched alkanes of at least 4 members (excludes halogenated alkanes) is 2. The van der Waals surface area contributed by atoms with Gasteiger partial charge in [-0.1, -0.05) is 53.2 Å². The summed E-state index contributed by atoms with van der Waals surface area (Å²) >= 11 is 1.28. The number of carbonyl (C=O) groups is 12. The average Bonchev–Trinajstić information content (AvgIpc) is 1.56. The van der Waals surface area contributed by atoms with Crippen LogP contribution in [0.2, 0.25) is 0 Å². The molecule has 0 radical (unpaired) electrons. The third-order valence-corrected chi connectivity index (χ3v) is 16.9. The summed E-state index contributed by atoms with van der Waals surface area (Å²) in [5.41, 5.74) is 28.6. The molecule has 29 nitrogen and oxygen atoms in total. The molecule has 1 heterocycles. The first-order chi connectivity index (χ1) is 44.4. The number of carboxylic acids is 1. The summed E-state index contributed by atoms with van der Waals surface area (Å²) in [5, 5.41) is 57.1. The Kier molecular flexibility index (Phi) is 38.5. The monoisotopic (exact) mass is 1350 g/mol. The highest BCUT2D eigenvalue weighted by atomic mass is 32.2. The molecule has 0 aromatic heterocycles. The highest BCUT2D eigenvalue weighted by Crippen LogP contribution is 2.25. The number of aliphatic hydroxyl groups is 2. The number of hydrogen-bond acceptors (Lipinski definition) is 19. The molecule has 2 rings (SSSR count). The van der Waals surface area contributed by atoms with Crippen molar-refractivity contribution in [1.82, 2.24) is 36.8 Å². The number of ketones is 3. The maximum Gasteiger partial charge on any atom is 0.304 e. The number of guanidine groups is 1. The second kappa shape index (κ2) is 43.7. The molecule has 1 aromatic carbocycles. The number of rotatable bonds is 48. The van der Waals surface area contributed by atoms with E-state index in [9.17, 15) is 78.0 Å². The minimum atomic E-state index is -1.81. The van der Waals surface area contributed by atoms with Crippen molar-refractivity contribution in [1.29, 1.82) is 0 Å². The van der Waals surface area contributed by atoms with E-state index in [4.69, 9.17) is 28.7 Å². The average molecular weight is 1350 g/mol. The molecule has 1 aliphatic rings. The lowest BCUT2D eigenvalue weighted by atomic mass is 9.87. The summed E-state index contributed by atoms with van der Waals surface area (Å²) in [5.74, 6) is -14.2. The number of aromatic hydroxyl groups is 1. The molecule has 0 spiro atoms. The summed E-state index contributed by atoms with van der Waals surface area (Å²) in [7, 11) is 0. The van der Waals surface area contributed by atoms with Crippen molar-refractivity contribution >= 4 is 88.3 Å². The standard InChI is InChI=1S/C64H107N13O16S/c1-36(2)28-41(56(67)86)31-51(81)46(16-12-25-70-64(68)69)72-58(88)42(30-40-18-20-44(80)21-19-40)32-52(82)45(15-9-11-24-66)71-59(89)43(34-54(84)85)33-53(83)55(39(6)79)76-60(90)47(22-27-94-7)73-61(91)49(35-78)75-62(92)50-17-13-26-77(50)63(93)48(29-37(3)4)74-57(87)38(5)14-8-10-23-65/h18-21,36-39,41-43,45-50,55,78-80H,8-17,22-35,65-66H2,1-7H3,(H2,67,86)(H,71,89)(H,72,88)(H,73,91)(H,74,87)(H,75,92)(H,76,90)(H,84,85)(H4,68,69,70)/t38-,39+,41+,42+,43-,45-,46-,47-,48-,49-,50+,55-/m0/s1. The van der Waals surface area contributed by atoms with E-state index in [1.165, 1.54) is 40.9 Å². The number of aliphatic carboxylic acids is 1. The minimum Gasteiger partial charge on any atom is -0.508 e. The fourth-order valence-corrected chi connectivity index (χ4v) is 11.5. The Labute approximate surface area is 555 Å². The minimum absolute atomic E-state index is 0.00978. The Hall–Kier alpha value is -7.28. The van der Waals surface area contributed by atoms with Gasteiger partial charge < -0.3 is 85.9 Å². The lowest BCUT2D eigenvalue weighted by molar-refractivity contribution is -0.143. The molecule has 12 atom stereocenters. The van der Waals surface area contributed by atoms with Crippen molar-refractivity contribution in [3.63, 3.8) is 0 Å². The first-order valence-electron chi connectivity index (χ1n) is 32.6. The zero-order valence-corrected chi connectivity index (χ0v) is 56.6. The molecule has 0 bridgehead atoms. The van der Waals surface area contributed by atoms with E-state index in [1.807, 2.05) is 27.7 Å². The Balaban J connectivity index is 2.43. The molecule has 8 amide bonds. The maximum absolute atomic E-state index is 14.6. The lowest BCUT2D eigenvalue weighted by Gasteiger charge is -2.31. The van der Waals surface area contributed by atoms with Crippen LogP contribution in [0.3, 0.4) is 0 Å². The number of likely N-dealkylation sites (tertiary alicyclic amines) is 1. The molecular weight excluding hydrogens is 1240 g/mol. The van der Waals surface area contributed by atoms with Gasteiger partial charge in [0, 0.05) is 50.1 Å². The molecular formula is C64H107N13O16S. The number of thioether (sulfide) groups is 1. The van der Waals surface area contributed by atoms with Gasteiger partial charge in [-0.25, -0.2) is 0 Å². The highest BCUT2D eigenvalue weighted by Gasteiger charge is 2.41. The Bertz CT molecular complexity index is 2680. The van der Waals surface area contributed by atoms with Crippen LogP contribution < -0.4 is 60.6 Å². The van der Waals surface area contributed by atoms with Gasteiger partial charge in [-0.2, -0.15) is 11.8 Å². The molecule has 1 aliphatic heterocycles. The molecule has 530 valence electrons. The molecule has 1 fully saturated rings. The van der Waals surface area contributed by atoms with Crippen LogP contribution in [0.25, 0.3) is 0 Å². The van der Waals surface area contributed by atoms with Gasteiger partial charge >= 0.3 is 5.97 Å². The molecule has 0 saturated carbocycles. The summed E-state index contributed by atoms with van der Waals surface area (Å²) in [6, 6.07) is -3.79. The van der Waals surface area contributed by atoms with Gasteiger partial charge in [0.25, 0.3) is 0 Å². The number of carboxylic acid groups (broad SMARTS) is 1. The molecule has 30 heteroatoms. The summed E-state index contributed by atoms with van der Waals surface area (Å²) in [6.45, 7) is 10.4. The van der Waals surface area contributed by atoms with E-state index < -0.39 is 163 Å². The number of nitrogens with two attached hydrogens (primary N) is 5. The predicted octanol–water partition coefficient (Wildman–Crippen LogP) is -0.313. The number of aliphatic imine (C=N–C) groups is 1. The zero-order valence-electron chi connectivity index (χ0n) is 55.7. The number of nitrogens with zero attached hydrogens (tertiary/aromatic N) is 2. The van der Waals surface area contributed by atoms with Crippen LogP contribution >= 0.6 is 11.8 Å². The molecule has 0 unspecified atom stereocenters. The first-order valence-corrected chi connectivity index (χ1v) is 34.0. The third-order valence-electron chi connectivity index (χ3n) is 16.3. The summed E-state index contributed by atoms with van der Waals surface area (Å²) in [6.07, 6.45) is 1.07. The van der Waals surface area contributed by atoms with E-state index in [0.717, 1.165) is 19.8 Å². The second-order valence-corrected chi connectivity index (χ2v) is 26.3. The smallest absolute Gasteiger partial charge is 0.304 e. The number of primary amides is 1. The van der Waals surface area contributed by atoms with Gasteiger partial charge in [0.2, 0.25) is 47.3 Å². The van der Waals surface area contributed by atoms with Crippen molar-refractivity contribution in [3.05, 3.63) is 29.8 Å². The second-order valence-electron chi connectivity index (χ2n) is 25.3. The number of nitrogens with one attached hydrogen (secondary N) is 6. The van der Waals surface area contributed by atoms with Crippen LogP contribution in [0.5, 0.6) is 5.75 Å². The number of carbonyl (C=O) groups excluding carboxylic acids is 11. The van der Waals surface area contributed by atoms with Crippen molar-refractivity contribution in [2.45, 2.75) is 206 Å². The van der Waals surface area contributed by atoms with Crippen LogP contribution in [0.1, 0.15) is 156 Å². The van der Waals surface area contributed by atoms with Crippen LogP contribution in [0.15, 0.2) is 29.3 Å². The normalized spacial score (nSPS) is 16.5. The zero-order chi connectivity index (χ0) is 70.8. The van der Waals surface area contributed by atoms with Gasteiger partial charge in [0.05, 0.1) is 37.1 Å². The van der Waals surface area contributed by atoms with Crippen molar-refractivity contribution in [3.8, 4) is 5.75 Å². The molecule has 0 aliphatic carbocycles. The van der Waals surface area contributed by atoms with Crippen molar-refractivity contribution < 1.29 is 78.0 Å². The number of amides is 8. The van der Waals surface area contributed by atoms with Crippen LogP contribution in [0.4, 0.5) is 0 Å². The Morgan fingerprint density at radius 1 is 0.606 bits per heavy atom. The summed E-state index contributed by atoms with van der Waals surface area (Å²) in [4.78, 5) is 171. The van der Waals surface area contributed by atoms with Gasteiger partial charge in [0.1, 0.15) is 36.0 Å². The number of Topliss-reactive ketones (excluding diaryl/α,β-unsaturated/α-hetero) is 3. The number of phenolic OH excluding ortho intramolecular Hbond substituents is 1. The van der Waals surface area contributed by atoms with Gasteiger partial charge in [-0.15, -0.1) is 0 Å². The van der Waals surface area contributed by atoms with Crippen molar-refractivity contribution in [2.75, 3.05) is 44.8 Å². The first kappa shape index (κ1) is 82.8. The Morgan fingerprint density at radius 2 is 1.14 bits per heavy atom. The fourth-order valence-electron chi connectivity index (χ4n) is 11.1. The number of phenols is 1. The maximum atomic E-state index is 14.6. The van der Waals surface area contributed by atoms with Gasteiger partial charge in [-0.3, -0.25) is 62.5 Å². The molecule has 20 N–H and O–H groups in total. The highest BCUT2D eigenvalue weighted by molar-refractivity contribution is 7.98. The van der Waals surface area contributed by atoms with E-state index >= 15 is 0 Å².